The first-order valence-electron chi connectivity index (χ1n) is 9.69. The van der Waals surface area contributed by atoms with Crippen molar-refractivity contribution in [3.8, 4) is 11.1 Å². The maximum atomic E-state index is 12.7. The van der Waals surface area contributed by atoms with Crippen molar-refractivity contribution in [1.29, 1.82) is 0 Å². The van der Waals surface area contributed by atoms with Crippen molar-refractivity contribution in [2.45, 2.75) is 6.54 Å². The van der Waals surface area contributed by atoms with Crippen LogP contribution in [0.15, 0.2) is 67.0 Å². The number of benzene rings is 2. The van der Waals surface area contributed by atoms with E-state index in [1.165, 1.54) is 5.56 Å². The number of ether oxygens (including phenoxy) is 1. The van der Waals surface area contributed by atoms with Gasteiger partial charge in [0, 0.05) is 37.6 Å². The molecule has 0 spiro atoms. The third kappa shape index (κ3) is 4.80. The fourth-order valence-electron chi connectivity index (χ4n) is 3.36. The third-order valence-corrected chi connectivity index (χ3v) is 5.04. The average molecular weight is 388 g/mol. The van der Waals surface area contributed by atoms with Gasteiger partial charge in [-0.25, -0.2) is 0 Å². The van der Waals surface area contributed by atoms with E-state index in [4.69, 9.17) is 10.5 Å². The van der Waals surface area contributed by atoms with E-state index >= 15 is 0 Å². The van der Waals surface area contributed by atoms with E-state index in [2.05, 4.69) is 15.2 Å². The Morgan fingerprint density at radius 3 is 2.45 bits per heavy atom. The molecule has 3 aromatic rings. The van der Waals surface area contributed by atoms with Gasteiger partial charge in [0.25, 0.3) is 5.91 Å². The van der Waals surface area contributed by atoms with Crippen molar-refractivity contribution in [2.24, 2.45) is 0 Å². The van der Waals surface area contributed by atoms with Gasteiger partial charge in [0.1, 0.15) is 0 Å². The Balaban J connectivity index is 1.45. The van der Waals surface area contributed by atoms with Crippen LogP contribution in [0, 0.1) is 0 Å². The zero-order valence-electron chi connectivity index (χ0n) is 16.2. The number of anilines is 2. The summed E-state index contributed by atoms with van der Waals surface area (Å²) in [6.45, 7) is 4.30. The van der Waals surface area contributed by atoms with Crippen molar-refractivity contribution in [3.63, 3.8) is 0 Å². The monoisotopic (exact) mass is 388 g/mol. The molecule has 0 atom stereocenters. The first-order valence-corrected chi connectivity index (χ1v) is 9.69. The minimum atomic E-state index is -0.179. The zero-order valence-corrected chi connectivity index (χ0v) is 16.2. The smallest absolute Gasteiger partial charge is 0.255 e. The molecule has 3 N–H and O–H groups in total. The van der Waals surface area contributed by atoms with Gasteiger partial charge in [0.15, 0.2) is 0 Å². The number of pyridine rings is 1. The van der Waals surface area contributed by atoms with Crippen molar-refractivity contribution >= 4 is 17.3 Å². The molecule has 6 nitrogen and oxygen atoms in total. The SMILES string of the molecule is Nc1ccc(-c2ccncc2)cc1NC(=O)c1ccc(CN2CCOCC2)cc1. The van der Waals surface area contributed by atoms with E-state index in [-0.39, 0.29) is 5.91 Å². The Kier molecular flexibility index (Phi) is 5.84. The van der Waals surface area contributed by atoms with Crippen LogP contribution in [0.3, 0.4) is 0 Å². The number of nitrogens with one attached hydrogen (secondary N) is 1. The maximum absolute atomic E-state index is 12.7. The standard InChI is InChI=1S/C23H24N4O2/c24-21-6-5-20(18-7-9-25-10-8-18)15-22(21)26-23(28)19-3-1-17(2-4-19)16-27-11-13-29-14-12-27/h1-10,15H,11-14,16,24H2,(H,26,28). The predicted molar refractivity (Wildman–Crippen MR) is 115 cm³/mol. The number of carbonyl (C=O) groups is 1. The van der Waals surface area contributed by atoms with Crippen LogP contribution in [0.4, 0.5) is 11.4 Å². The summed E-state index contributed by atoms with van der Waals surface area (Å²) in [6.07, 6.45) is 3.48. The molecule has 2 heterocycles. The molecule has 1 aromatic heterocycles. The van der Waals surface area contributed by atoms with E-state index in [9.17, 15) is 4.79 Å². The lowest BCUT2D eigenvalue weighted by molar-refractivity contribution is 0.0342. The van der Waals surface area contributed by atoms with Gasteiger partial charge in [-0.15, -0.1) is 0 Å². The van der Waals surface area contributed by atoms with Crippen LogP contribution in [0.1, 0.15) is 15.9 Å². The normalized spacial score (nSPS) is 14.5. The molecule has 0 bridgehead atoms. The van der Waals surface area contributed by atoms with Crippen molar-refractivity contribution < 1.29 is 9.53 Å². The largest absolute Gasteiger partial charge is 0.397 e. The lowest BCUT2D eigenvalue weighted by Gasteiger charge is -2.26. The summed E-state index contributed by atoms with van der Waals surface area (Å²) >= 11 is 0. The van der Waals surface area contributed by atoms with Crippen LogP contribution in [-0.2, 0) is 11.3 Å². The number of morpholine rings is 1. The second kappa shape index (κ2) is 8.86. The number of nitrogens with zero attached hydrogens (tertiary/aromatic N) is 2. The number of nitrogen functional groups attached to an aromatic ring is 1. The molecule has 2 aromatic carbocycles. The number of hydrogen-bond donors (Lipinski definition) is 2. The summed E-state index contributed by atoms with van der Waals surface area (Å²) in [7, 11) is 0. The van der Waals surface area contributed by atoms with Gasteiger partial charge in [-0.2, -0.15) is 0 Å². The number of rotatable bonds is 5. The number of carbonyl (C=O) groups excluding carboxylic acids is 1. The van der Waals surface area contributed by atoms with Crippen molar-refractivity contribution in [3.05, 3.63) is 78.1 Å². The van der Waals surface area contributed by atoms with Gasteiger partial charge in [0.2, 0.25) is 0 Å². The summed E-state index contributed by atoms with van der Waals surface area (Å²) in [5, 5.41) is 2.93. The predicted octanol–water partition coefficient (Wildman–Crippen LogP) is 3.42. The second-order valence-corrected chi connectivity index (χ2v) is 7.08. The molecular formula is C23H24N4O2. The molecule has 1 fully saturated rings. The number of nitrogens with two attached hydrogens (primary N) is 1. The maximum Gasteiger partial charge on any atom is 0.255 e. The summed E-state index contributed by atoms with van der Waals surface area (Å²) in [5.74, 6) is -0.179. The van der Waals surface area contributed by atoms with Gasteiger partial charge in [-0.05, 0) is 53.1 Å². The summed E-state index contributed by atoms with van der Waals surface area (Å²) in [6, 6.07) is 17.2. The minimum Gasteiger partial charge on any atom is -0.397 e. The first kappa shape index (κ1) is 19.1. The molecule has 0 saturated carbocycles. The summed E-state index contributed by atoms with van der Waals surface area (Å²) < 4.78 is 5.38. The molecule has 1 aliphatic rings. The number of hydrogen-bond acceptors (Lipinski definition) is 5. The van der Waals surface area contributed by atoms with Gasteiger partial charge in [0.05, 0.1) is 24.6 Å². The molecule has 1 amide bonds. The Labute approximate surface area is 170 Å². The quantitative estimate of drug-likeness (QED) is 0.655. The topological polar surface area (TPSA) is 80.5 Å². The minimum absolute atomic E-state index is 0.179. The van der Waals surface area contributed by atoms with Crippen LogP contribution >= 0.6 is 0 Å². The van der Waals surface area contributed by atoms with Crippen LogP contribution in [0.25, 0.3) is 11.1 Å². The Morgan fingerprint density at radius 1 is 1.00 bits per heavy atom. The van der Waals surface area contributed by atoms with Gasteiger partial charge in [-0.1, -0.05) is 18.2 Å². The molecule has 0 unspecified atom stereocenters. The summed E-state index contributed by atoms with van der Waals surface area (Å²) in [4.78, 5) is 19.1. The lowest BCUT2D eigenvalue weighted by atomic mass is 10.1. The van der Waals surface area contributed by atoms with Crippen LogP contribution in [-0.4, -0.2) is 42.1 Å². The molecule has 148 valence electrons. The second-order valence-electron chi connectivity index (χ2n) is 7.08. The van der Waals surface area contributed by atoms with Gasteiger partial charge >= 0.3 is 0 Å². The molecule has 1 saturated heterocycles. The molecule has 0 radical (unpaired) electrons. The highest BCUT2D eigenvalue weighted by Crippen LogP contribution is 2.27. The molecule has 6 heteroatoms. The molecule has 4 rings (SSSR count). The van der Waals surface area contributed by atoms with E-state index in [0.717, 1.165) is 44.0 Å². The Morgan fingerprint density at radius 2 is 1.72 bits per heavy atom. The molecule has 1 aliphatic heterocycles. The van der Waals surface area contributed by atoms with E-state index in [1.54, 1.807) is 18.5 Å². The number of aromatic nitrogens is 1. The average Bonchev–Trinajstić information content (AvgIpc) is 2.77. The van der Waals surface area contributed by atoms with Crippen LogP contribution in [0.5, 0.6) is 0 Å². The highest BCUT2D eigenvalue weighted by molar-refractivity contribution is 6.06. The van der Waals surface area contributed by atoms with E-state index < -0.39 is 0 Å². The number of amides is 1. The Bertz CT molecular complexity index is 968. The van der Waals surface area contributed by atoms with E-state index in [0.29, 0.717) is 16.9 Å². The van der Waals surface area contributed by atoms with Gasteiger partial charge < -0.3 is 15.8 Å². The van der Waals surface area contributed by atoms with Crippen molar-refractivity contribution in [2.75, 3.05) is 37.4 Å². The van der Waals surface area contributed by atoms with Crippen LogP contribution in [0.2, 0.25) is 0 Å². The van der Waals surface area contributed by atoms with Crippen LogP contribution < -0.4 is 11.1 Å². The zero-order chi connectivity index (χ0) is 20.1. The fraction of sp³-hybridized carbons (Fsp3) is 0.217. The van der Waals surface area contributed by atoms with Crippen molar-refractivity contribution in [1.82, 2.24) is 9.88 Å². The molecule has 29 heavy (non-hydrogen) atoms. The first-order chi connectivity index (χ1) is 14.2. The Hall–Kier alpha value is -3.22. The summed E-state index contributed by atoms with van der Waals surface area (Å²) in [5.41, 5.74) is 11.0. The lowest BCUT2D eigenvalue weighted by Crippen LogP contribution is -2.35. The third-order valence-electron chi connectivity index (χ3n) is 5.04. The van der Waals surface area contributed by atoms with E-state index in [1.807, 2.05) is 48.5 Å². The van der Waals surface area contributed by atoms with Gasteiger partial charge in [-0.3, -0.25) is 14.7 Å². The highest BCUT2D eigenvalue weighted by Gasteiger charge is 2.12. The highest BCUT2D eigenvalue weighted by atomic mass is 16.5. The molecular weight excluding hydrogens is 364 g/mol. The molecule has 0 aliphatic carbocycles. The fourth-order valence-corrected chi connectivity index (χ4v) is 3.36.